The lowest BCUT2D eigenvalue weighted by molar-refractivity contribution is -0.136. The Balaban J connectivity index is 1.74. The Hall–Kier alpha value is -1.42. The van der Waals surface area contributed by atoms with E-state index in [1.807, 2.05) is 17.2 Å². The van der Waals surface area contributed by atoms with E-state index in [0.717, 1.165) is 38.3 Å². The molecule has 4 nitrogen and oxygen atoms in total. The third kappa shape index (κ3) is 2.01. The van der Waals surface area contributed by atoms with Crippen LogP contribution in [0, 0.1) is 11.8 Å². The summed E-state index contributed by atoms with van der Waals surface area (Å²) in [6.45, 7) is 5.48. The van der Waals surface area contributed by atoms with Crippen LogP contribution in [0.3, 0.4) is 0 Å². The van der Waals surface area contributed by atoms with Crippen molar-refractivity contribution in [3.05, 3.63) is 29.6 Å². The Morgan fingerprint density at radius 1 is 1.50 bits per heavy atom. The number of aromatic nitrogens is 1. The lowest BCUT2D eigenvalue weighted by atomic mass is 9.95. The molecule has 2 unspecified atom stereocenters. The van der Waals surface area contributed by atoms with Crippen LogP contribution in [0.15, 0.2) is 18.3 Å². The first kappa shape index (κ1) is 11.7. The topological polar surface area (TPSA) is 45.2 Å². The highest BCUT2D eigenvalue weighted by molar-refractivity contribution is 5.80. The predicted octanol–water partition coefficient (Wildman–Crippen LogP) is 0.822. The van der Waals surface area contributed by atoms with Gasteiger partial charge in [-0.2, -0.15) is 0 Å². The van der Waals surface area contributed by atoms with Crippen molar-refractivity contribution in [3.8, 4) is 0 Å². The van der Waals surface area contributed by atoms with Crippen molar-refractivity contribution in [1.82, 2.24) is 15.2 Å². The molecule has 2 aliphatic heterocycles. The fourth-order valence-electron chi connectivity index (χ4n) is 2.93. The van der Waals surface area contributed by atoms with Gasteiger partial charge in [-0.3, -0.25) is 9.78 Å². The van der Waals surface area contributed by atoms with Gasteiger partial charge in [-0.05, 0) is 24.1 Å². The van der Waals surface area contributed by atoms with E-state index in [1.165, 1.54) is 5.56 Å². The number of nitrogens with one attached hydrogen (secondary N) is 1. The molecule has 96 valence electrons. The van der Waals surface area contributed by atoms with E-state index in [4.69, 9.17) is 0 Å². The number of carbonyl (C=O) groups is 1. The standard InChI is InChI=1S/C14H19N3O/c1-10-7-15-8-12(10)14(18)17-6-4-13-11(9-17)3-2-5-16-13/h2-3,5,10,12,15H,4,6-9H2,1H3. The van der Waals surface area contributed by atoms with Gasteiger partial charge in [0, 0.05) is 37.9 Å². The highest BCUT2D eigenvalue weighted by Crippen LogP contribution is 2.23. The maximum absolute atomic E-state index is 12.5. The predicted molar refractivity (Wildman–Crippen MR) is 68.9 cm³/mol. The number of carbonyl (C=O) groups excluding carboxylic acids is 1. The number of nitrogens with zero attached hydrogens (tertiary/aromatic N) is 2. The van der Waals surface area contributed by atoms with Crippen LogP contribution in [0.2, 0.25) is 0 Å². The average Bonchev–Trinajstić information content (AvgIpc) is 2.83. The molecule has 1 amide bonds. The molecule has 2 aliphatic rings. The Morgan fingerprint density at radius 2 is 2.39 bits per heavy atom. The molecule has 2 atom stereocenters. The highest BCUT2D eigenvalue weighted by atomic mass is 16.2. The van der Waals surface area contributed by atoms with Crippen molar-refractivity contribution in [2.24, 2.45) is 11.8 Å². The number of hydrogen-bond donors (Lipinski definition) is 1. The average molecular weight is 245 g/mol. The molecule has 0 aromatic carbocycles. The molecule has 4 heteroatoms. The van der Waals surface area contributed by atoms with Gasteiger partial charge in [0.15, 0.2) is 0 Å². The zero-order chi connectivity index (χ0) is 12.5. The van der Waals surface area contributed by atoms with Crippen LogP contribution in [0.1, 0.15) is 18.2 Å². The minimum absolute atomic E-state index is 0.156. The molecule has 18 heavy (non-hydrogen) atoms. The summed E-state index contributed by atoms with van der Waals surface area (Å²) >= 11 is 0. The first-order chi connectivity index (χ1) is 8.75. The molecular formula is C14H19N3O. The van der Waals surface area contributed by atoms with E-state index in [9.17, 15) is 4.79 Å². The van der Waals surface area contributed by atoms with Gasteiger partial charge in [0.25, 0.3) is 0 Å². The molecule has 3 rings (SSSR count). The summed E-state index contributed by atoms with van der Waals surface area (Å²) in [7, 11) is 0. The van der Waals surface area contributed by atoms with E-state index < -0.39 is 0 Å². The van der Waals surface area contributed by atoms with Crippen molar-refractivity contribution in [2.45, 2.75) is 19.9 Å². The quantitative estimate of drug-likeness (QED) is 0.797. The molecule has 1 saturated heterocycles. The van der Waals surface area contributed by atoms with Crippen molar-refractivity contribution in [3.63, 3.8) is 0 Å². The van der Waals surface area contributed by atoms with E-state index in [1.54, 1.807) is 0 Å². The summed E-state index contributed by atoms with van der Waals surface area (Å²) < 4.78 is 0. The van der Waals surface area contributed by atoms with Gasteiger partial charge < -0.3 is 10.2 Å². The van der Waals surface area contributed by atoms with Gasteiger partial charge in [-0.25, -0.2) is 0 Å². The number of pyridine rings is 1. The summed E-state index contributed by atoms with van der Waals surface area (Å²) in [6, 6.07) is 4.03. The minimum atomic E-state index is 0.156. The van der Waals surface area contributed by atoms with Gasteiger partial charge in [0.2, 0.25) is 5.91 Å². The van der Waals surface area contributed by atoms with E-state index in [0.29, 0.717) is 11.8 Å². The fraction of sp³-hybridized carbons (Fsp3) is 0.571. The largest absolute Gasteiger partial charge is 0.338 e. The number of fused-ring (bicyclic) bond motifs is 1. The van der Waals surface area contributed by atoms with E-state index >= 15 is 0 Å². The second kappa shape index (κ2) is 4.69. The minimum Gasteiger partial charge on any atom is -0.338 e. The molecule has 0 spiro atoms. The Kier molecular flexibility index (Phi) is 3.04. The first-order valence-corrected chi connectivity index (χ1v) is 6.68. The molecular weight excluding hydrogens is 226 g/mol. The summed E-state index contributed by atoms with van der Waals surface area (Å²) in [4.78, 5) is 18.9. The summed E-state index contributed by atoms with van der Waals surface area (Å²) in [6.07, 6.45) is 2.72. The van der Waals surface area contributed by atoms with E-state index in [-0.39, 0.29) is 5.92 Å². The lowest BCUT2D eigenvalue weighted by Crippen LogP contribution is -2.42. The maximum atomic E-state index is 12.5. The highest BCUT2D eigenvalue weighted by Gasteiger charge is 2.33. The maximum Gasteiger partial charge on any atom is 0.227 e. The van der Waals surface area contributed by atoms with Crippen molar-refractivity contribution >= 4 is 5.91 Å². The molecule has 0 bridgehead atoms. The molecule has 1 N–H and O–H groups in total. The molecule has 1 aromatic rings. The zero-order valence-corrected chi connectivity index (χ0v) is 10.7. The second-order valence-corrected chi connectivity index (χ2v) is 5.36. The van der Waals surface area contributed by atoms with Crippen LogP contribution in [-0.2, 0) is 17.8 Å². The monoisotopic (exact) mass is 245 g/mol. The summed E-state index contributed by atoms with van der Waals surface area (Å²) in [5.41, 5.74) is 2.36. The lowest BCUT2D eigenvalue weighted by Gasteiger charge is -2.31. The van der Waals surface area contributed by atoms with Crippen molar-refractivity contribution < 1.29 is 4.79 Å². The number of hydrogen-bond acceptors (Lipinski definition) is 3. The fourth-order valence-corrected chi connectivity index (χ4v) is 2.93. The molecule has 3 heterocycles. The molecule has 0 aliphatic carbocycles. The van der Waals surface area contributed by atoms with Crippen LogP contribution < -0.4 is 5.32 Å². The van der Waals surface area contributed by atoms with Crippen LogP contribution in [0.5, 0.6) is 0 Å². The van der Waals surface area contributed by atoms with E-state index in [2.05, 4.69) is 23.3 Å². The third-order valence-corrected chi connectivity index (χ3v) is 4.11. The molecule has 0 radical (unpaired) electrons. The van der Waals surface area contributed by atoms with Crippen molar-refractivity contribution in [2.75, 3.05) is 19.6 Å². The number of rotatable bonds is 1. The normalized spacial score (nSPS) is 27.1. The van der Waals surface area contributed by atoms with Gasteiger partial charge in [-0.15, -0.1) is 0 Å². The van der Waals surface area contributed by atoms with Gasteiger partial charge >= 0.3 is 0 Å². The Morgan fingerprint density at radius 3 is 3.17 bits per heavy atom. The van der Waals surface area contributed by atoms with Gasteiger partial charge in [0.1, 0.15) is 0 Å². The van der Waals surface area contributed by atoms with Gasteiger partial charge in [0.05, 0.1) is 5.92 Å². The molecule has 1 fully saturated rings. The Labute approximate surface area is 107 Å². The SMILES string of the molecule is CC1CNCC1C(=O)N1CCc2ncccc2C1. The smallest absolute Gasteiger partial charge is 0.227 e. The first-order valence-electron chi connectivity index (χ1n) is 6.68. The second-order valence-electron chi connectivity index (χ2n) is 5.36. The third-order valence-electron chi connectivity index (χ3n) is 4.11. The molecule has 1 aromatic heterocycles. The Bertz CT molecular complexity index is 460. The number of amides is 1. The van der Waals surface area contributed by atoms with Crippen LogP contribution in [0.25, 0.3) is 0 Å². The zero-order valence-electron chi connectivity index (χ0n) is 10.7. The van der Waals surface area contributed by atoms with Crippen LogP contribution in [0.4, 0.5) is 0 Å². The van der Waals surface area contributed by atoms with Crippen molar-refractivity contribution in [1.29, 1.82) is 0 Å². The van der Waals surface area contributed by atoms with Crippen LogP contribution in [-0.4, -0.2) is 35.4 Å². The van der Waals surface area contributed by atoms with Gasteiger partial charge in [-0.1, -0.05) is 13.0 Å². The molecule has 0 saturated carbocycles. The summed E-state index contributed by atoms with van der Waals surface area (Å²) in [5.74, 6) is 0.915. The van der Waals surface area contributed by atoms with Crippen LogP contribution >= 0.6 is 0 Å². The summed E-state index contributed by atoms with van der Waals surface area (Å²) in [5, 5.41) is 3.30.